The van der Waals surface area contributed by atoms with Crippen LogP contribution in [0.3, 0.4) is 0 Å². The molecule has 0 fully saturated rings. The maximum atomic E-state index is 10.6. The summed E-state index contributed by atoms with van der Waals surface area (Å²) in [6.07, 6.45) is 2.83. The molecule has 21 heavy (non-hydrogen) atoms. The predicted octanol–water partition coefficient (Wildman–Crippen LogP) is 5.11. The van der Waals surface area contributed by atoms with Gasteiger partial charge in [0.05, 0.1) is 5.54 Å². The average molecular weight is 289 g/mol. The summed E-state index contributed by atoms with van der Waals surface area (Å²) in [6, 6.07) is 4.21. The number of aromatic hydroxyl groups is 1. The Bertz CT molecular complexity index is 514. The second kappa shape index (κ2) is 6.21. The van der Waals surface area contributed by atoms with Crippen molar-refractivity contribution in [2.75, 3.05) is 0 Å². The number of benzene rings is 1. The molecule has 0 amide bonds. The van der Waals surface area contributed by atoms with Crippen molar-refractivity contribution in [2.45, 2.75) is 72.8 Å². The van der Waals surface area contributed by atoms with Gasteiger partial charge in [0.1, 0.15) is 5.75 Å². The summed E-state index contributed by atoms with van der Waals surface area (Å²) < 4.78 is 0. The van der Waals surface area contributed by atoms with Gasteiger partial charge in [0.15, 0.2) is 0 Å². The maximum absolute atomic E-state index is 10.6. The molecule has 2 heteroatoms. The molecule has 1 aromatic carbocycles. The third-order valence-corrected chi connectivity index (χ3v) is 3.24. The molecule has 0 bridgehead atoms. The third-order valence-electron chi connectivity index (χ3n) is 3.24. The average Bonchev–Trinajstić information content (AvgIpc) is 2.26. The van der Waals surface area contributed by atoms with Crippen molar-refractivity contribution in [3.8, 4) is 5.75 Å². The number of phenolic OH excluding ortho intramolecular Hbond substituents is 1. The van der Waals surface area contributed by atoms with Crippen molar-refractivity contribution in [1.29, 1.82) is 0 Å². The highest BCUT2D eigenvalue weighted by molar-refractivity contribution is 5.85. The summed E-state index contributed by atoms with van der Waals surface area (Å²) in [6.45, 7) is 17.0. The quantitative estimate of drug-likeness (QED) is 0.771. The fourth-order valence-electron chi connectivity index (χ4n) is 2.24. The van der Waals surface area contributed by atoms with Gasteiger partial charge >= 0.3 is 0 Å². The van der Waals surface area contributed by atoms with E-state index in [0.29, 0.717) is 11.7 Å². The van der Waals surface area contributed by atoms with Crippen LogP contribution in [0.4, 0.5) is 0 Å². The van der Waals surface area contributed by atoms with Gasteiger partial charge in [-0.15, -0.1) is 0 Å². The fourth-order valence-corrected chi connectivity index (χ4v) is 2.24. The Morgan fingerprint density at radius 2 is 1.67 bits per heavy atom. The Morgan fingerprint density at radius 3 is 2.10 bits per heavy atom. The lowest BCUT2D eigenvalue weighted by Crippen LogP contribution is -2.14. The van der Waals surface area contributed by atoms with Crippen molar-refractivity contribution >= 4 is 6.21 Å². The largest absolute Gasteiger partial charge is 0.507 e. The van der Waals surface area contributed by atoms with Crippen LogP contribution in [-0.4, -0.2) is 16.9 Å². The van der Waals surface area contributed by atoms with Crippen LogP contribution < -0.4 is 0 Å². The SMILES string of the molecule is CC(C)Cc1cc(C=NC(C)(C)C)c(O)c(C(C)(C)C)c1. The van der Waals surface area contributed by atoms with E-state index in [2.05, 4.69) is 72.5 Å². The highest BCUT2D eigenvalue weighted by atomic mass is 16.3. The maximum Gasteiger partial charge on any atom is 0.128 e. The van der Waals surface area contributed by atoms with Crippen molar-refractivity contribution in [1.82, 2.24) is 0 Å². The minimum Gasteiger partial charge on any atom is -0.507 e. The van der Waals surface area contributed by atoms with Crippen LogP contribution in [-0.2, 0) is 11.8 Å². The topological polar surface area (TPSA) is 32.6 Å². The van der Waals surface area contributed by atoms with Crippen LogP contribution in [0, 0.1) is 5.92 Å². The second-order valence-electron chi connectivity index (χ2n) is 8.36. The summed E-state index contributed by atoms with van der Waals surface area (Å²) in [5, 5.41) is 10.6. The molecule has 0 radical (unpaired) electrons. The number of aliphatic imine (C=N–C) groups is 1. The molecule has 1 aromatic rings. The van der Waals surface area contributed by atoms with E-state index in [0.717, 1.165) is 17.5 Å². The number of rotatable bonds is 3. The fraction of sp³-hybridized carbons (Fsp3) is 0.632. The molecule has 0 saturated carbocycles. The van der Waals surface area contributed by atoms with Gasteiger partial charge in [-0.3, -0.25) is 4.99 Å². The first-order valence-electron chi connectivity index (χ1n) is 7.82. The monoisotopic (exact) mass is 289 g/mol. The molecule has 1 N–H and O–H groups in total. The molecular formula is C19H31NO. The molecule has 0 atom stereocenters. The molecule has 0 aliphatic rings. The molecule has 0 heterocycles. The molecule has 0 spiro atoms. The van der Waals surface area contributed by atoms with E-state index < -0.39 is 0 Å². The predicted molar refractivity (Wildman–Crippen MR) is 92.7 cm³/mol. The van der Waals surface area contributed by atoms with E-state index in [1.54, 1.807) is 0 Å². The van der Waals surface area contributed by atoms with E-state index in [1.807, 2.05) is 6.21 Å². The lowest BCUT2D eigenvalue weighted by molar-refractivity contribution is 0.445. The second-order valence-corrected chi connectivity index (χ2v) is 8.36. The van der Waals surface area contributed by atoms with Crippen LogP contribution in [0.5, 0.6) is 5.75 Å². The Kier molecular flexibility index (Phi) is 5.25. The highest BCUT2D eigenvalue weighted by Crippen LogP contribution is 2.34. The van der Waals surface area contributed by atoms with Crippen molar-refractivity contribution < 1.29 is 5.11 Å². The molecule has 0 unspecified atom stereocenters. The zero-order valence-electron chi connectivity index (χ0n) is 14.9. The smallest absolute Gasteiger partial charge is 0.128 e. The number of hydrogen-bond acceptors (Lipinski definition) is 2. The molecule has 0 aliphatic carbocycles. The number of hydrogen-bond donors (Lipinski definition) is 1. The lowest BCUT2D eigenvalue weighted by atomic mass is 9.83. The summed E-state index contributed by atoms with van der Waals surface area (Å²) in [7, 11) is 0. The minimum atomic E-state index is -0.137. The Balaban J connectivity index is 3.38. The van der Waals surface area contributed by atoms with Gasteiger partial charge in [-0.05, 0) is 50.2 Å². The zero-order valence-corrected chi connectivity index (χ0v) is 14.9. The standard InChI is InChI=1S/C19H31NO/c1-13(2)9-14-10-15(12-20-19(6,7)8)17(21)16(11-14)18(3,4)5/h10-13,21H,9H2,1-8H3. The number of phenols is 1. The van der Waals surface area contributed by atoms with Gasteiger partial charge in [-0.25, -0.2) is 0 Å². The Morgan fingerprint density at radius 1 is 1.10 bits per heavy atom. The lowest BCUT2D eigenvalue weighted by Gasteiger charge is -2.23. The summed E-state index contributed by atoms with van der Waals surface area (Å²) in [5.74, 6) is 0.956. The van der Waals surface area contributed by atoms with Crippen LogP contribution in [0.1, 0.15) is 72.1 Å². The van der Waals surface area contributed by atoms with Crippen LogP contribution in [0.15, 0.2) is 17.1 Å². The first-order chi connectivity index (χ1) is 9.40. The van der Waals surface area contributed by atoms with Crippen molar-refractivity contribution in [3.05, 3.63) is 28.8 Å². The van der Waals surface area contributed by atoms with E-state index in [4.69, 9.17) is 0 Å². The van der Waals surface area contributed by atoms with Crippen molar-refractivity contribution in [2.24, 2.45) is 10.9 Å². The van der Waals surface area contributed by atoms with Gasteiger partial charge in [0.25, 0.3) is 0 Å². The van der Waals surface area contributed by atoms with Gasteiger partial charge < -0.3 is 5.11 Å². The van der Waals surface area contributed by atoms with Gasteiger partial charge in [0, 0.05) is 17.3 Å². The van der Waals surface area contributed by atoms with E-state index in [1.165, 1.54) is 5.56 Å². The normalized spacial score (nSPS) is 13.4. The van der Waals surface area contributed by atoms with Gasteiger partial charge in [-0.2, -0.15) is 0 Å². The van der Waals surface area contributed by atoms with E-state index in [9.17, 15) is 5.11 Å². The molecule has 0 aliphatic heterocycles. The highest BCUT2D eigenvalue weighted by Gasteiger charge is 2.21. The van der Waals surface area contributed by atoms with E-state index >= 15 is 0 Å². The Labute approximate surface area is 130 Å². The summed E-state index contributed by atoms with van der Waals surface area (Å²) in [4.78, 5) is 4.55. The molecule has 2 nitrogen and oxygen atoms in total. The summed E-state index contributed by atoms with van der Waals surface area (Å²) >= 11 is 0. The van der Waals surface area contributed by atoms with Crippen LogP contribution >= 0.6 is 0 Å². The third kappa shape index (κ3) is 5.53. The van der Waals surface area contributed by atoms with Gasteiger partial charge in [-0.1, -0.05) is 40.7 Å². The first-order valence-corrected chi connectivity index (χ1v) is 7.82. The molecular weight excluding hydrogens is 258 g/mol. The van der Waals surface area contributed by atoms with Crippen LogP contribution in [0.25, 0.3) is 0 Å². The molecule has 118 valence electrons. The zero-order chi connectivity index (χ0) is 16.4. The number of nitrogens with zero attached hydrogens (tertiary/aromatic N) is 1. The molecule has 0 saturated heterocycles. The van der Waals surface area contributed by atoms with Crippen LogP contribution in [0.2, 0.25) is 0 Å². The molecule has 1 rings (SSSR count). The first kappa shape index (κ1) is 17.7. The molecule has 0 aromatic heterocycles. The van der Waals surface area contributed by atoms with Gasteiger partial charge in [0.2, 0.25) is 0 Å². The van der Waals surface area contributed by atoms with Crippen molar-refractivity contribution in [3.63, 3.8) is 0 Å². The summed E-state index contributed by atoms with van der Waals surface area (Å²) in [5.41, 5.74) is 2.87. The van der Waals surface area contributed by atoms with E-state index in [-0.39, 0.29) is 11.0 Å². The minimum absolute atomic E-state index is 0.0819. The Hall–Kier alpha value is -1.31.